The summed E-state index contributed by atoms with van der Waals surface area (Å²) in [6, 6.07) is 1.43. The molecule has 2 saturated heterocycles. The largest absolute Gasteiger partial charge is 0.376 e. The minimum Gasteiger partial charge on any atom is -0.376 e. The Labute approximate surface area is 68.5 Å². The number of rotatable bonds is 1. The highest BCUT2D eigenvalue weighted by atomic mass is 16.5. The zero-order valence-electron chi connectivity index (χ0n) is 7.42. The number of nitrogens with zero attached hydrogens (tertiary/aromatic N) is 1. The van der Waals surface area contributed by atoms with Crippen molar-refractivity contribution < 1.29 is 4.74 Å². The van der Waals surface area contributed by atoms with E-state index in [2.05, 4.69) is 18.7 Å². The summed E-state index contributed by atoms with van der Waals surface area (Å²) in [4.78, 5) is 2.57. The van der Waals surface area contributed by atoms with Crippen molar-refractivity contribution in [1.82, 2.24) is 4.90 Å². The first-order chi connectivity index (χ1) is 5.27. The van der Waals surface area contributed by atoms with Crippen LogP contribution in [0.25, 0.3) is 0 Å². The zero-order valence-corrected chi connectivity index (χ0v) is 7.42. The smallest absolute Gasteiger partial charge is 0.0626 e. The van der Waals surface area contributed by atoms with Gasteiger partial charge in [-0.3, -0.25) is 4.90 Å². The predicted octanol–water partition coefficient (Wildman–Crippen LogP) is 1.26. The molecule has 11 heavy (non-hydrogen) atoms. The van der Waals surface area contributed by atoms with Crippen LogP contribution in [-0.4, -0.2) is 36.2 Å². The molecule has 2 atom stereocenters. The van der Waals surface area contributed by atoms with Crippen LogP contribution in [0.15, 0.2) is 0 Å². The van der Waals surface area contributed by atoms with Crippen molar-refractivity contribution in [2.45, 2.75) is 44.9 Å². The predicted molar refractivity (Wildman–Crippen MR) is 44.6 cm³/mol. The average Bonchev–Trinajstić information content (AvgIpc) is 2.32. The van der Waals surface area contributed by atoms with Gasteiger partial charge < -0.3 is 4.74 Å². The normalized spacial score (nSPS) is 38.5. The number of piperidine rings is 1. The van der Waals surface area contributed by atoms with Crippen LogP contribution in [-0.2, 0) is 4.74 Å². The van der Waals surface area contributed by atoms with E-state index >= 15 is 0 Å². The first-order valence-electron chi connectivity index (χ1n) is 4.64. The topological polar surface area (TPSA) is 12.5 Å². The Morgan fingerprint density at radius 3 is 3.00 bits per heavy atom. The molecule has 0 amide bonds. The lowest BCUT2D eigenvalue weighted by Crippen LogP contribution is -2.44. The maximum atomic E-state index is 5.62. The monoisotopic (exact) mass is 155 g/mol. The highest BCUT2D eigenvalue weighted by molar-refractivity contribution is 4.88. The summed E-state index contributed by atoms with van der Waals surface area (Å²) in [5.74, 6) is 0. The Hall–Kier alpha value is -0.0800. The molecule has 0 aliphatic carbocycles. The molecule has 2 fully saturated rings. The second-order valence-electron chi connectivity index (χ2n) is 3.97. The average molecular weight is 155 g/mol. The van der Waals surface area contributed by atoms with Gasteiger partial charge in [-0.25, -0.2) is 0 Å². The highest BCUT2D eigenvalue weighted by Crippen LogP contribution is 2.28. The Morgan fingerprint density at radius 2 is 2.27 bits per heavy atom. The molecule has 0 unspecified atom stereocenters. The van der Waals surface area contributed by atoms with Crippen molar-refractivity contribution in [1.29, 1.82) is 0 Å². The second kappa shape index (κ2) is 2.76. The molecule has 0 aromatic heterocycles. The van der Waals surface area contributed by atoms with Crippen molar-refractivity contribution in [3.63, 3.8) is 0 Å². The summed E-state index contributed by atoms with van der Waals surface area (Å²) in [5, 5.41) is 0. The van der Waals surface area contributed by atoms with Crippen LogP contribution in [0.3, 0.4) is 0 Å². The molecule has 2 heteroatoms. The number of ether oxygens (including phenoxy) is 1. The Morgan fingerprint density at radius 1 is 1.45 bits per heavy atom. The lowest BCUT2D eigenvalue weighted by Gasteiger charge is -2.34. The number of hydrogen-bond donors (Lipinski definition) is 0. The minimum absolute atomic E-state index is 0.593. The Kier molecular flexibility index (Phi) is 1.90. The Balaban J connectivity index is 2.01. The lowest BCUT2D eigenvalue weighted by atomic mass is 10.0. The van der Waals surface area contributed by atoms with Gasteiger partial charge in [0.05, 0.1) is 12.7 Å². The lowest BCUT2D eigenvalue weighted by molar-refractivity contribution is 0.105. The third-order valence-corrected chi connectivity index (χ3v) is 2.90. The maximum absolute atomic E-state index is 5.62. The molecule has 0 N–H and O–H groups in total. The van der Waals surface area contributed by atoms with Gasteiger partial charge >= 0.3 is 0 Å². The van der Waals surface area contributed by atoms with Crippen LogP contribution in [0.1, 0.15) is 26.7 Å². The minimum atomic E-state index is 0.593. The summed E-state index contributed by atoms with van der Waals surface area (Å²) in [6.45, 7) is 6.77. The van der Waals surface area contributed by atoms with Crippen LogP contribution < -0.4 is 0 Å². The van der Waals surface area contributed by atoms with E-state index in [9.17, 15) is 0 Å². The molecule has 2 heterocycles. The van der Waals surface area contributed by atoms with Crippen molar-refractivity contribution >= 4 is 0 Å². The molecule has 0 saturated carbocycles. The van der Waals surface area contributed by atoms with E-state index in [4.69, 9.17) is 4.74 Å². The van der Waals surface area contributed by atoms with Crippen LogP contribution in [0.4, 0.5) is 0 Å². The van der Waals surface area contributed by atoms with Gasteiger partial charge in [-0.05, 0) is 26.7 Å². The quantitative estimate of drug-likeness (QED) is 0.565. The van der Waals surface area contributed by atoms with E-state index in [0.29, 0.717) is 12.1 Å². The van der Waals surface area contributed by atoms with Crippen molar-refractivity contribution in [2.24, 2.45) is 0 Å². The standard InChI is InChI=1S/C9H17NO/c1-7(2)10-4-3-9-5-8(10)6-11-9/h7-9H,3-6H2,1-2H3/t8-,9+/m1/s1. The second-order valence-corrected chi connectivity index (χ2v) is 3.97. The first kappa shape index (κ1) is 7.56. The van der Waals surface area contributed by atoms with Crippen LogP contribution >= 0.6 is 0 Å². The van der Waals surface area contributed by atoms with Gasteiger partial charge in [0.15, 0.2) is 0 Å². The molecule has 2 aliphatic heterocycles. The third-order valence-electron chi connectivity index (χ3n) is 2.90. The fraction of sp³-hybridized carbons (Fsp3) is 1.00. The highest BCUT2D eigenvalue weighted by Gasteiger charge is 2.35. The molecular formula is C9H17NO. The summed E-state index contributed by atoms with van der Waals surface area (Å²) in [5.41, 5.74) is 0. The van der Waals surface area contributed by atoms with Gasteiger partial charge in [0.1, 0.15) is 0 Å². The molecule has 64 valence electrons. The van der Waals surface area contributed by atoms with Crippen molar-refractivity contribution in [2.75, 3.05) is 13.2 Å². The molecule has 2 aliphatic rings. The maximum Gasteiger partial charge on any atom is 0.0626 e. The van der Waals surface area contributed by atoms with Crippen LogP contribution in [0.2, 0.25) is 0 Å². The van der Waals surface area contributed by atoms with Gasteiger partial charge in [0.25, 0.3) is 0 Å². The van der Waals surface area contributed by atoms with Crippen LogP contribution in [0, 0.1) is 0 Å². The van der Waals surface area contributed by atoms with Crippen LogP contribution in [0.5, 0.6) is 0 Å². The summed E-state index contributed by atoms with van der Waals surface area (Å²) < 4.78 is 5.62. The molecule has 2 rings (SSSR count). The molecular weight excluding hydrogens is 138 g/mol. The molecule has 2 nitrogen and oxygen atoms in total. The third kappa shape index (κ3) is 1.30. The van der Waals surface area contributed by atoms with Gasteiger partial charge in [0.2, 0.25) is 0 Å². The molecule has 0 spiro atoms. The molecule has 0 radical (unpaired) electrons. The van der Waals surface area contributed by atoms with E-state index in [1.165, 1.54) is 19.4 Å². The number of hydrogen-bond acceptors (Lipinski definition) is 2. The van der Waals surface area contributed by atoms with Crippen molar-refractivity contribution in [3.8, 4) is 0 Å². The Bertz CT molecular complexity index is 146. The van der Waals surface area contributed by atoms with E-state index in [0.717, 1.165) is 12.6 Å². The van der Waals surface area contributed by atoms with E-state index < -0.39 is 0 Å². The van der Waals surface area contributed by atoms with Gasteiger partial charge in [-0.15, -0.1) is 0 Å². The summed E-state index contributed by atoms with van der Waals surface area (Å²) >= 11 is 0. The first-order valence-corrected chi connectivity index (χ1v) is 4.64. The number of fused-ring (bicyclic) bond motifs is 2. The fourth-order valence-corrected chi connectivity index (χ4v) is 2.27. The molecule has 0 aromatic carbocycles. The number of likely N-dealkylation sites (tertiary alicyclic amines) is 1. The molecule has 2 bridgehead atoms. The van der Waals surface area contributed by atoms with Gasteiger partial charge in [-0.1, -0.05) is 0 Å². The summed E-state index contributed by atoms with van der Waals surface area (Å²) in [6.07, 6.45) is 3.11. The zero-order chi connectivity index (χ0) is 7.84. The molecule has 0 aromatic rings. The van der Waals surface area contributed by atoms with E-state index in [1.54, 1.807) is 0 Å². The fourth-order valence-electron chi connectivity index (χ4n) is 2.27. The summed E-state index contributed by atoms with van der Waals surface area (Å²) in [7, 11) is 0. The van der Waals surface area contributed by atoms with Gasteiger partial charge in [0, 0.05) is 18.6 Å². The van der Waals surface area contributed by atoms with E-state index in [-0.39, 0.29) is 0 Å². The SMILES string of the molecule is CC(C)N1CC[C@H]2C[C@@H]1CO2. The van der Waals surface area contributed by atoms with Gasteiger partial charge in [-0.2, -0.15) is 0 Å². The van der Waals surface area contributed by atoms with Crippen molar-refractivity contribution in [3.05, 3.63) is 0 Å². The van der Waals surface area contributed by atoms with E-state index in [1.807, 2.05) is 0 Å².